The van der Waals surface area contributed by atoms with Crippen molar-refractivity contribution in [1.29, 1.82) is 0 Å². The average molecular weight is 441 g/mol. The molecule has 2 nitrogen and oxygen atoms in total. The van der Waals surface area contributed by atoms with Crippen LogP contribution in [-0.2, 0) is 11.2 Å². The fourth-order valence-electron chi connectivity index (χ4n) is 4.44. The molecular formula is C23H21F6NO. The molecule has 0 N–H and O–H groups in total. The molecule has 8 heteroatoms. The summed E-state index contributed by atoms with van der Waals surface area (Å²) in [5.74, 6) is -8.79. The van der Waals surface area contributed by atoms with Crippen LogP contribution in [0.5, 0.6) is 0 Å². The summed E-state index contributed by atoms with van der Waals surface area (Å²) in [5, 5.41) is 0. The molecule has 1 aliphatic heterocycles. The Labute approximate surface area is 175 Å². The van der Waals surface area contributed by atoms with Crippen molar-refractivity contribution in [2.45, 2.75) is 44.3 Å². The Morgan fingerprint density at radius 3 is 2.29 bits per heavy atom. The molecule has 2 aromatic rings. The normalized spacial score (nSPS) is 27.3. The Balaban J connectivity index is 1.65. The first-order valence-corrected chi connectivity index (χ1v) is 10.1. The Hall–Kier alpha value is -2.51. The second-order valence-electron chi connectivity index (χ2n) is 8.43. The topological polar surface area (TPSA) is 20.3 Å². The van der Waals surface area contributed by atoms with Crippen molar-refractivity contribution < 1.29 is 31.1 Å². The molecule has 1 amide bonds. The Bertz CT molecular complexity index is 1000. The third-order valence-electron chi connectivity index (χ3n) is 6.49. The van der Waals surface area contributed by atoms with Crippen molar-refractivity contribution in [3.05, 3.63) is 59.4 Å². The van der Waals surface area contributed by atoms with Crippen molar-refractivity contribution in [2.75, 3.05) is 6.54 Å². The molecule has 31 heavy (non-hydrogen) atoms. The molecule has 0 aromatic heterocycles. The second-order valence-corrected chi connectivity index (χ2v) is 8.43. The molecule has 1 saturated heterocycles. The van der Waals surface area contributed by atoms with Gasteiger partial charge >= 0.3 is 0 Å². The van der Waals surface area contributed by atoms with Gasteiger partial charge < -0.3 is 4.90 Å². The highest BCUT2D eigenvalue weighted by Crippen LogP contribution is 2.42. The van der Waals surface area contributed by atoms with E-state index in [2.05, 4.69) is 0 Å². The summed E-state index contributed by atoms with van der Waals surface area (Å²) in [6, 6.07) is 6.48. The molecule has 2 atom stereocenters. The van der Waals surface area contributed by atoms with Crippen LogP contribution in [0.1, 0.15) is 25.3 Å². The predicted molar refractivity (Wildman–Crippen MR) is 103 cm³/mol. The van der Waals surface area contributed by atoms with Gasteiger partial charge in [0.2, 0.25) is 5.91 Å². The lowest BCUT2D eigenvalue weighted by Crippen LogP contribution is -2.46. The van der Waals surface area contributed by atoms with Gasteiger partial charge in [-0.05, 0) is 30.9 Å². The number of rotatable bonds is 4. The van der Waals surface area contributed by atoms with Crippen LogP contribution in [0.3, 0.4) is 0 Å². The molecule has 4 rings (SSSR count). The SMILES string of the molecule is C[C@@H]1[C@H](Cc2cccc(-c3cccc(F)c3F)c2F)N(C(=O)C2CC(F)C2)CC1(F)F. The smallest absolute Gasteiger partial charge is 0.269 e. The first-order valence-electron chi connectivity index (χ1n) is 10.1. The van der Waals surface area contributed by atoms with Gasteiger partial charge in [0.15, 0.2) is 11.6 Å². The van der Waals surface area contributed by atoms with E-state index >= 15 is 4.39 Å². The number of nitrogens with zero attached hydrogens (tertiary/aromatic N) is 1. The number of benzene rings is 2. The fourth-order valence-corrected chi connectivity index (χ4v) is 4.44. The zero-order valence-corrected chi connectivity index (χ0v) is 16.7. The highest BCUT2D eigenvalue weighted by Gasteiger charge is 2.55. The van der Waals surface area contributed by atoms with Gasteiger partial charge in [-0.3, -0.25) is 4.79 Å². The van der Waals surface area contributed by atoms with Crippen LogP contribution in [0.25, 0.3) is 11.1 Å². The van der Waals surface area contributed by atoms with E-state index in [4.69, 9.17) is 0 Å². The number of amides is 1. The first-order chi connectivity index (χ1) is 14.6. The van der Waals surface area contributed by atoms with Crippen molar-refractivity contribution in [2.24, 2.45) is 11.8 Å². The lowest BCUT2D eigenvalue weighted by Gasteiger charge is -2.35. The third-order valence-corrected chi connectivity index (χ3v) is 6.49. The molecule has 2 aliphatic rings. The molecule has 2 fully saturated rings. The minimum absolute atomic E-state index is 0.00466. The van der Waals surface area contributed by atoms with Crippen LogP contribution in [0.2, 0.25) is 0 Å². The van der Waals surface area contributed by atoms with Gasteiger partial charge in [0.1, 0.15) is 12.0 Å². The second kappa shape index (κ2) is 7.88. The van der Waals surface area contributed by atoms with Crippen LogP contribution in [0.15, 0.2) is 36.4 Å². The summed E-state index contributed by atoms with van der Waals surface area (Å²) < 4.78 is 85.1. The maximum Gasteiger partial charge on any atom is 0.269 e. The molecule has 0 radical (unpaired) electrons. The number of hydrogen-bond donors (Lipinski definition) is 0. The van der Waals surface area contributed by atoms with Crippen LogP contribution in [0, 0.1) is 29.3 Å². The largest absolute Gasteiger partial charge is 0.333 e. The highest BCUT2D eigenvalue weighted by molar-refractivity contribution is 5.81. The molecular weight excluding hydrogens is 420 g/mol. The molecule has 0 unspecified atom stereocenters. The van der Waals surface area contributed by atoms with E-state index in [-0.39, 0.29) is 36.0 Å². The summed E-state index contributed by atoms with van der Waals surface area (Å²) in [5.41, 5.74) is -0.449. The molecule has 1 aliphatic carbocycles. The average Bonchev–Trinajstić information content (AvgIpc) is 2.92. The minimum atomic E-state index is -3.16. The van der Waals surface area contributed by atoms with E-state index in [9.17, 15) is 26.7 Å². The van der Waals surface area contributed by atoms with Crippen LogP contribution in [-0.4, -0.2) is 35.5 Å². The maximum absolute atomic E-state index is 15.2. The molecule has 166 valence electrons. The van der Waals surface area contributed by atoms with E-state index < -0.39 is 59.9 Å². The number of carbonyl (C=O) groups is 1. The first kappa shape index (κ1) is 21.7. The van der Waals surface area contributed by atoms with Gasteiger partial charge in [-0.2, -0.15) is 0 Å². The summed E-state index contributed by atoms with van der Waals surface area (Å²) in [6.45, 7) is 0.496. The summed E-state index contributed by atoms with van der Waals surface area (Å²) in [6.07, 6.45) is -1.32. The van der Waals surface area contributed by atoms with E-state index in [1.165, 1.54) is 37.3 Å². The Morgan fingerprint density at radius 1 is 1.03 bits per heavy atom. The lowest BCUT2D eigenvalue weighted by molar-refractivity contribution is -0.142. The quantitative estimate of drug-likeness (QED) is 0.571. The van der Waals surface area contributed by atoms with Gasteiger partial charge in [-0.25, -0.2) is 26.3 Å². The lowest BCUT2D eigenvalue weighted by atomic mass is 9.82. The number of alkyl halides is 3. The molecule has 0 spiro atoms. The van der Waals surface area contributed by atoms with Gasteiger partial charge in [0.05, 0.1) is 6.54 Å². The maximum atomic E-state index is 15.2. The van der Waals surface area contributed by atoms with Crippen LogP contribution < -0.4 is 0 Å². The van der Waals surface area contributed by atoms with Crippen molar-refractivity contribution in [1.82, 2.24) is 4.90 Å². The number of halogens is 6. The van der Waals surface area contributed by atoms with Gasteiger partial charge in [0, 0.05) is 29.0 Å². The number of carbonyl (C=O) groups excluding carboxylic acids is 1. The Kier molecular flexibility index (Phi) is 5.52. The molecule has 1 heterocycles. The van der Waals surface area contributed by atoms with Gasteiger partial charge in [-0.1, -0.05) is 37.3 Å². The molecule has 1 saturated carbocycles. The van der Waals surface area contributed by atoms with Crippen molar-refractivity contribution >= 4 is 5.91 Å². The molecule has 0 bridgehead atoms. The summed E-state index contributed by atoms with van der Waals surface area (Å²) in [7, 11) is 0. The zero-order valence-electron chi connectivity index (χ0n) is 16.7. The summed E-state index contributed by atoms with van der Waals surface area (Å²) in [4.78, 5) is 13.7. The summed E-state index contributed by atoms with van der Waals surface area (Å²) >= 11 is 0. The van der Waals surface area contributed by atoms with Crippen molar-refractivity contribution in [3.8, 4) is 11.1 Å². The van der Waals surface area contributed by atoms with E-state index in [1.807, 2.05) is 0 Å². The third kappa shape index (κ3) is 3.81. The zero-order chi connectivity index (χ0) is 22.5. The van der Waals surface area contributed by atoms with E-state index in [0.717, 1.165) is 11.0 Å². The Morgan fingerprint density at radius 2 is 1.65 bits per heavy atom. The standard InChI is InChI=1S/C23H21F6NO/c1-12-19(30(11-23(12,28)29)22(31)14-8-15(24)9-14)10-13-4-2-5-16(20(13)26)17-6-3-7-18(25)21(17)27/h2-7,12,14-15,19H,8-11H2,1H3/t12-,14?,15?,19+/m1/s1. The molecule has 2 aromatic carbocycles. The van der Waals surface area contributed by atoms with E-state index in [0.29, 0.717) is 0 Å². The predicted octanol–water partition coefficient (Wildman–Crippen LogP) is 5.54. The van der Waals surface area contributed by atoms with Crippen molar-refractivity contribution in [3.63, 3.8) is 0 Å². The van der Waals surface area contributed by atoms with Crippen LogP contribution in [0.4, 0.5) is 26.3 Å². The highest BCUT2D eigenvalue weighted by atomic mass is 19.3. The van der Waals surface area contributed by atoms with Gasteiger partial charge in [-0.15, -0.1) is 0 Å². The number of hydrogen-bond acceptors (Lipinski definition) is 1. The number of likely N-dealkylation sites (tertiary alicyclic amines) is 1. The van der Waals surface area contributed by atoms with Gasteiger partial charge in [0.25, 0.3) is 5.92 Å². The van der Waals surface area contributed by atoms with E-state index in [1.54, 1.807) is 0 Å². The fraction of sp³-hybridized carbons (Fsp3) is 0.435. The van der Waals surface area contributed by atoms with Crippen LogP contribution >= 0.6 is 0 Å². The minimum Gasteiger partial charge on any atom is -0.333 e. The monoisotopic (exact) mass is 441 g/mol.